The molecule has 2 heterocycles. The standard InChI is InChI=1S/C16H13ClIN3/c1-2-4-13-14(18)15(17)21-16(20-13)11-6-7-12-10(9-11)5-3-8-19-12/h3,5-9H,2,4H2,1H3. The van der Waals surface area contributed by atoms with Gasteiger partial charge in [-0.2, -0.15) is 0 Å². The van der Waals surface area contributed by atoms with Crippen LogP contribution in [0, 0.1) is 3.57 Å². The van der Waals surface area contributed by atoms with E-state index in [1.807, 2.05) is 24.3 Å². The Morgan fingerprint density at radius 1 is 1.19 bits per heavy atom. The van der Waals surface area contributed by atoms with Gasteiger partial charge in [-0.25, -0.2) is 9.97 Å². The normalized spacial score (nSPS) is 11.0. The maximum absolute atomic E-state index is 6.25. The Labute approximate surface area is 141 Å². The van der Waals surface area contributed by atoms with Crippen molar-refractivity contribution in [3.63, 3.8) is 0 Å². The second kappa shape index (κ2) is 6.23. The van der Waals surface area contributed by atoms with Crippen molar-refractivity contribution < 1.29 is 0 Å². The number of fused-ring (bicyclic) bond motifs is 1. The maximum Gasteiger partial charge on any atom is 0.161 e. The van der Waals surface area contributed by atoms with E-state index in [1.54, 1.807) is 6.20 Å². The third-order valence-electron chi connectivity index (χ3n) is 3.23. The summed E-state index contributed by atoms with van der Waals surface area (Å²) in [5.41, 5.74) is 2.94. The van der Waals surface area contributed by atoms with Crippen LogP contribution in [0.5, 0.6) is 0 Å². The minimum atomic E-state index is 0.523. The Morgan fingerprint density at radius 2 is 2.05 bits per heavy atom. The molecule has 0 saturated heterocycles. The molecule has 0 N–H and O–H groups in total. The first-order valence-electron chi connectivity index (χ1n) is 6.76. The molecule has 0 saturated carbocycles. The molecule has 0 atom stereocenters. The molecule has 0 aliphatic rings. The second-order valence-corrected chi connectivity index (χ2v) is 6.20. The molecule has 0 bridgehead atoms. The fourth-order valence-corrected chi connectivity index (χ4v) is 2.91. The van der Waals surface area contributed by atoms with Crippen LogP contribution in [0.25, 0.3) is 22.3 Å². The number of aromatic nitrogens is 3. The minimum absolute atomic E-state index is 0.523. The molecule has 3 rings (SSSR count). The summed E-state index contributed by atoms with van der Waals surface area (Å²) in [5.74, 6) is 0.676. The van der Waals surface area contributed by atoms with E-state index in [2.05, 4.69) is 50.5 Å². The molecule has 2 aromatic heterocycles. The monoisotopic (exact) mass is 409 g/mol. The highest BCUT2D eigenvalue weighted by molar-refractivity contribution is 14.1. The van der Waals surface area contributed by atoms with Crippen LogP contribution in [-0.2, 0) is 6.42 Å². The van der Waals surface area contributed by atoms with Crippen LogP contribution >= 0.6 is 34.2 Å². The predicted molar refractivity (Wildman–Crippen MR) is 94.5 cm³/mol. The van der Waals surface area contributed by atoms with Gasteiger partial charge in [0.15, 0.2) is 5.82 Å². The molecule has 0 radical (unpaired) electrons. The van der Waals surface area contributed by atoms with Crippen molar-refractivity contribution in [3.05, 3.63) is 50.9 Å². The SMILES string of the molecule is CCCc1nc(-c2ccc3ncccc3c2)nc(Cl)c1I. The van der Waals surface area contributed by atoms with Gasteiger partial charge in [0.05, 0.1) is 14.8 Å². The summed E-state index contributed by atoms with van der Waals surface area (Å²) in [6, 6.07) is 9.99. The van der Waals surface area contributed by atoms with E-state index in [-0.39, 0.29) is 0 Å². The van der Waals surface area contributed by atoms with Gasteiger partial charge in [-0.15, -0.1) is 0 Å². The fraction of sp³-hybridized carbons (Fsp3) is 0.188. The Bertz CT molecular complexity index is 805. The number of hydrogen-bond acceptors (Lipinski definition) is 3. The van der Waals surface area contributed by atoms with E-state index in [9.17, 15) is 0 Å². The zero-order chi connectivity index (χ0) is 14.8. The van der Waals surface area contributed by atoms with Gasteiger partial charge < -0.3 is 0 Å². The summed E-state index contributed by atoms with van der Waals surface area (Å²) in [5, 5.41) is 1.60. The first-order valence-corrected chi connectivity index (χ1v) is 8.21. The van der Waals surface area contributed by atoms with Crippen LogP contribution in [0.1, 0.15) is 19.0 Å². The summed E-state index contributed by atoms with van der Waals surface area (Å²) in [4.78, 5) is 13.4. The maximum atomic E-state index is 6.25. The summed E-state index contributed by atoms with van der Waals surface area (Å²) < 4.78 is 0.947. The third kappa shape index (κ3) is 3.01. The molecule has 21 heavy (non-hydrogen) atoms. The number of pyridine rings is 1. The van der Waals surface area contributed by atoms with Gasteiger partial charge >= 0.3 is 0 Å². The quantitative estimate of drug-likeness (QED) is 0.456. The Kier molecular flexibility index (Phi) is 4.35. The van der Waals surface area contributed by atoms with Gasteiger partial charge in [-0.1, -0.05) is 31.0 Å². The van der Waals surface area contributed by atoms with Crippen LogP contribution in [0.3, 0.4) is 0 Å². The van der Waals surface area contributed by atoms with E-state index >= 15 is 0 Å². The first kappa shape index (κ1) is 14.7. The lowest BCUT2D eigenvalue weighted by molar-refractivity contribution is 0.867. The van der Waals surface area contributed by atoms with Crippen molar-refractivity contribution in [1.82, 2.24) is 15.0 Å². The smallest absolute Gasteiger partial charge is 0.161 e. The molecule has 0 aliphatic carbocycles. The van der Waals surface area contributed by atoms with Crippen molar-refractivity contribution in [3.8, 4) is 11.4 Å². The topological polar surface area (TPSA) is 38.7 Å². The van der Waals surface area contributed by atoms with Crippen molar-refractivity contribution >= 4 is 45.1 Å². The first-order chi connectivity index (χ1) is 10.2. The van der Waals surface area contributed by atoms with Crippen molar-refractivity contribution in [2.24, 2.45) is 0 Å². The van der Waals surface area contributed by atoms with Gasteiger partial charge in [-0.3, -0.25) is 4.98 Å². The van der Waals surface area contributed by atoms with Gasteiger partial charge in [-0.05, 0) is 53.3 Å². The van der Waals surface area contributed by atoms with Crippen molar-refractivity contribution in [2.45, 2.75) is 19.8 Å². The fourth-order valence-electron chi connectivity index (χ4n) is 2.21. The highest BCUT2D eigenvalue weighted by atomic mass is 127. The highest BCUT2D eigenvalue weighted by Gasteiger charge is 2.12. The Morgan fingerprint density at radius 3 is 2.86 bits per heavy atom. The largest absolute Gasteiger partial charge is 0.256 e. The zero-order valence-corrected chi connectivity index (χ0v) is 14.4. The highest BCUT2D eigenvalue weighted by Crippen LogP contribution is 2.26. The van der Waals surface area contributed by atoms with Crippen molar-refractivity contribution in [2.75, 3.05) is 0 Å². The molecule has 3 nitrogen and oxygen atoms in total. The molecule has 106 valence electrons. The Hall–Kier alpha value is -1.27. The van der Waals surface area contributed by atoms with Crippen LogP contribution in [0.4, 0.5) is 0 Å². The van der Waals surface area contributed by atoms with E-state index < -0.39 is 0 Å². The van der Waals surface area contributed by atoms with Crippen LogP contribution < -0.4 is 0 Å². The minimum Gasteiger partial charge on any atom is -0.256 e. The molecular formula is C16H13ClIN3. The molecule has 0 unspecified atom stereocenters. The number of hydrogen-bond donors (Lipinski definition) is 0. The number of nitrogens with zero attached hydrogens (tertiary/aromatic N) is 3. The average Bonchev–Trinajstić information content (AvgIpc) is 2.51. The van der Waals surface area contributed by atoms with E-state index in [4.69, 9.17) is 11.6 Å². The molecule has 1 aromatic carbocycles. The number of aryl methyl sites for hydroxylation is 1. The molecule has 0 aliphatic heterocycles. The molecular weight excluding hydrogens is 397 g/mol. The predicted octanol–water partition coefficient (Wildman–Crippen LogP) is 4.90. The molecule has 0 amide bonds. The van der Waals surface area contributed by atoms with Crippen LogP contribution in [0.2, 0.25) is 5.15 Å². The van der Waals surface area contributed by atoms with Crippen LogP contribution in [0.15, 0.2) is 36.5 Å². The van der Waals surface area contributed by atoms with Gasteiger partial charge in [0.1, 0.15) is 5.15 Å². The van der Waals surface area contributed by atoms with E-state index in [0.29, 0.717) is 11.0 Å². The molecule has 5 heteroatoms. The van der Waals surface area contributed by atoms with Gasteiger partial charge in [0, 0.05) is 17.1 Å². The third-order valence-corrected chi connectivity index (χ3v) is 4.95. The molecule has 3 aromatic rings. The van der Waals surface area contributed by atoms with E-state index in [0.717, 1.165) is 38.6 Å². The number of halogens is 2. The summed E-state index contributed by atoms with van der Waals surface area (Å²) in [6.07, 6.45) is 3.73. The molecule has 0 spiro atoms. The number of rotatable bonds is 3. The van der Waals surface area contributed by atoms with Crippen molar-refractivity contribution in [1.29, 1.82) is 0 Å². The van der Waals surface area contributed by atoms with Crippen LogP contribution in [-0.4, -0.2) is 15.0 Å². The second-order valence-electron chi connectivity index (χ2n) is 4.76. The number of benzene rings is 1. The summed E-state index contributed by atoms with van der Waals surface area (Å²) in [7, 11) is 0. The summed E-state index contributed by atoms with van der Waals surface area (Å²) >= 11 is 8.46. The molecule has 0 fully saturated rings. The van der Waals surface area contributed by atoms with Gasteiger partial charge in [0.25, 0.3) is 0 Å². The Balaban J connectivity index is 2.13. The zero-order valence-electron chi connectivity index (χ0n) is 11.5. The van der Waals surface area contributed by atoms with E-state index in [1.165, 1.54) is 0 Å². The lowest BCUT2D eigenvalue weighted by Gasteiger charge is -2.08. The summed E-state index contributed by atoms with van der Waals surface area (Å²) in [6.45, 7) is 2.13. The lowest BCUT2D eigenvalue weighted by atomic mass is 10.1. The average molecular weight is 410 g/mol. The van der Waals surface area contributed by atoms with Gasteiger partial charge in [0.2, 0.25) is 0 Å². The lowest BCUT2D eigenvalue weighted by Crippen LogP contribution is -2.00.